The first-order chi connectivity index (χ1) is 11.0. The highest BCUT2D eigenvalue weighted by atomic mass is 32.2. The first kappa shape index (κ1) is 15.0. The second-order valence-corrected chi connectivity index (χ2v) is 8.64. The fraction of sp³-hybridized carbons (Fsp3) is 0.533. The molecule has 2 aliphatic carbocycles. The van der Waals surface area contributed by atoms with Crippen LogP contribution in [0.5, 0.6) is 0 Å². The third-order valence-corrected chi connectivity index (χ3v) is 6.61. The molecule has 0 aliphatic heterocycles. The molecule has 0 bridgehead atoms. The molecule has 1 aromatic heterocycles. The second kappa shape index (κ2) is 5.52. The lowest BCUT2D eigenvalue weighted by molar-refractivity contribution is -0.120. The zero-order valence-corrected chi connectivity index (χ0v) is 14.1. The lowest BCUT2D eigenvalue weighted by Crippen LogP contribution is -2.32. The number of nitrogens with one attached hydrogen (secondary N) is 1. The van der Waals surface area contributed by atoms with Gasteiger partial charge in [-0.2, -0.15) is 8.75 Å². The van der Waals surface area contributed by atoms with Gasteiger partial charge < -0.3 is 0 Å². The molecule has 2 saturated carbocycles. The standard InChI is InChI=1S/C15H17N3O3S2/c19-14(8-11(9-4-5-9)10-6-7-10)18-23(20,21)13-3-1-2-12-15(13)17-22-16-12/h1-3,9-11H,4-8H2,(H,18,19). The largest absolute Gasteiger partial charge is 0.274 e. The molecule has 1 N–H and O–H groups in total. The molecule has 0 atom stereocenters. The quantitative estimate of drug-likeness (QED) is 0.863. The summed E-state index contributed by atoms with van der Waals surface area (Å²) in [6.07, 6.45) is 4.99. The number of amides is 1. The maximum absolute atomic E-state index is 12.5. The van der Waals surface area contributed by atoms with Crippen molar-refractivity contribution in [2.45, 2.75) is 37.0 Å². The molecule has 0 radical (unpaired) electrons. The molecule has 2 fully saturated rings. The van der Waals surface area contributed by atoms with Crippen molar-refractivity contribution in [1.29, 1.82) is 0 Å². The number of nitrogens with zero attached hydrogens (tertiary/aromatic N) is 2. The summed E-state index contributed by atoms with van der Waals surface area (Å²) in [5, 5.41) is 0. The predicted octanol–water partition coefficient (Wildman–Crippen LogP) is 2.32. The van der Waals surface area contributed by atoms with Crippen molar-refractivity contribution in [1.82, 2.24) is 13.5 Å². The normalized spacial score (nSPS) is 18.5. The fourth-order valence-electron chi connectivity index (χ4n) is 3.23. The van der Waals surface area contributed by atoms with E-state index in [0.717, 1.165) is 11.7 Å². The van der Waals surface area contributed by atoms with Gasteiger partial charge in [-0.3, -0.25) is 4.79 Å². The van der Waals surface area contributed by atoms with Crippen LogP contribution >= 0.6 is 11.7 Å². The minimum Gasteiger partial charge on any atom is -0.274 e. The van der Waals surface area contributed by atoms with Gasteiger partial charge in [0.1, 0.15) is 15.9 Å². The van der Waals surface area contributed by atoms with E-state index in [2.05, 4.69) is 13.5 Å². The Labute approximate surface area is 138 Å². The number of rotatable bonds is 6. The lowest BCUT2D eigenvalue weighted by Gasteiger charge is -2.15. The first-order valence-corrected chi connectivity index (χ1v) is 10.0. The summed E-state index contributed by atoms with van der Waals surface area (Å²) in [4.78, 5) is 12.3. The van der Waals surface area contributed by atoms with E-state index in [4.69, 9.17) is 0 Å². The molecule has 1 amide bonds. The Morgan fingerprint density at radius 3 is 2.57 bits per heavy atom. The van der Waals surface area contributed by atoms with Gasteiger partial charge in [0.2, 0.25) is 5.91 Å². The third-order valence-electron chi connectivity index (χ3n) is 4.66. The van der Waals surface area contributed by atoms with Crippen LogP contribution in [0.25, 0.3) is 11.0 Å². The Hall–Kier alpha value is -1.54. The first-order valence-electron chi connectivity index (χ1n) is 7.81. The Bertz CT molecular complexity index is 842. The van der Waals surface area contributed by atoms with Crippen LogP contribution in [-0.4, -0.2) is 23.1 Å². The molecule has 2 aromatic rings. The molecule has 0 saturated heterocycles. The van der Waals surface area contributed by atoms with Gasteiger partial charge in [0.05, 0.1) is 11.7 Å². The highest BCUT2D eigenvalue weighted by Crippen LogP contribution is 2.50. The van der Waals surface area contributed by atoms with Crippen molar-refractivity contribution in [2.75, 3.05) is 0 Å². The van der Waals surface area contributed by atoms with Crippen molar-refractivity contribution >= 4 is 38.7 Å². The number of hydrogen-bond acceptors (Lipinski definition) is 6. The number of fused-ring (bicyclic) bond motifs is 1. The number of carbonyl (C=O) groups is 1. The number of carbonyl (C=O) groups excluding carboxylic acids is 1. The van der Waals surface area contributed by atoms with Crippen LogP contribution in [0.1, 0.15) is 32.1 Å². The minimum atomic E-state index is -3.91. The van der Waals surface area contributed by atoms with E-state index in [0.29, 0.717) is 35.2 Å². The second-order valence-electron chi connectivity index (χ2n) is 6.46. The average Bonchev–Trinajstić information content (AvgIpc) is 3.41. The Kier molecular flexibility index (Phi) is 3.60. The van der Waals surface area contributed by atoms with E-state index < -0.39 is 15.9 Å². The van der Waals surface area contributed by atoms with E-state index in [1.54, 1.807) is 12.1 Å². The van der Waals surface area contributed by atoms with Gasteiger partial charge >= 0.3 is 0 Å². The minimum absolute atomic E-state index is 0.0199. The van der Waals surface area contributed by atoms with Crippen molar-refractivity contribution in [2.24, 2.45) is 17.8 Å². The Morgan fingerprint density at radius 2 is 1.91 bits per heavy atom. The topological polar surface area (TPSA) is 89.0 Å². The number of hydrogen-bond donors (Lipinski definition) is 1. The van der Waals surface area contributed by atoms with Crippen molar-refractivity contribution in [3.63, 3.8) is 0 Å². The summed E-state index contributed by atoms with van der Waals surface area (Å²) in [6.45, 7) is 0. The van der Waals surface area contributed by atoms with Crippen LogP contribution < -0.4 is 4.72 Å². The average molecular weight is 351 g/mol. The van der Waals surface area contributed by atoms with Crippen LogP contribution in [0.3, 0.4) is 0 Å². The summed E-state index contributed by atoms with van der Waals surface area (Å²) in [6, 6.07) is 4.77. The van der Waals surface area contributed by atoms with Crippen LogP contribution in [0, 0.1) is 17.8 Å². The van der Waals surface area contributed by atoms with E-state index in [9.17, 15) is 13.2 Å². The van der Waals surface area contributed by atoms with Gasteiger partial charge in [-0.25, -0.2) is 13.1 Å². The van der Waals surface area contributed by atoms with Crippen molar-refractivity contribution in [3.05, 3.63) is 18.2 Å². The molecular weight excluding hydrogens is 334 g/mol. The van der Waals surface area contributed by atoms with Crippen molar-refractivity contribution < 1.29 is 13.2 Å². The van der Waals surface area contributed by atoms with Crippen LogP contribution in [0.4, 0.5) is 0 Å². The maximum Gasteiger partial charge on any atom is 0.266 e. The highest BCUT2D eigenvalue weighted by Gasteiger charge is 2.42. The monoisotopic (exact) mass is 351 g/mol. The van der Waals surface area contributed by atoms with E-state index in [-0.39, 0.29) is 4.90 Å². The summed E-state index contributed by atoms with van der Waals surface area (Å²) < 4.78 is 35.3. The molecule has 4 rings (SSSR count). The molecule has 8 heteroatoms. The zero-order valence-electron chi connectivity index (χ0n) is 12.4. The predicted molar refractivity (Wildman–Crippen MR) is 86.3 cm³/mol. The summed E-state index contributed by atoms with van der Waals surface area (Å²) in [5.74, 6) is 1.17. The molecule has 23 heavy (non-hydrogen) atoms. The van der Waals surface area contributed by atoms with E-state index in [1.807, 2.05) is 0 Å². The lowest BCUT2D eigenvalue weighted by atomic mass is 9.94. The number of aromatic nitrogens is 2. The zero-order chi connectivity index (χ0) is 16.0. The molecule has 122 valence electrons. The van der Waals surface area contributed by atoms with Gasteiger partial charge in [0.15, 0.2) is 0 Å². The molecule has 2 aliphatic rings. The van der Waals surface area contributed by atoms with Crippen LogP contribution in [0.2, 0.25) is 0 Å². The van der Waals surface area contributed by atoms with Crippen molar-refractivity contribution in [3.8, 4) is 0 Å². The van der Waals surface area contributed by atoms with Crippen LogP contribution in [0.15, 0.2) is 23.1 Å². The van der Waals surface area contributed by atoms with Gasteiger partial charge in [-0.05, 0) is 55.6 Å². The Morgan fingerprint density at radius 1 is 1.22 bits per heavy atom. The van der Waals surface area contributed by atoms with Crippen LogP contribution in [-0.2, 0) is 14.8 Å². The van der Waals surface area contributed by atoms with E-state index >= 15 is 0 Å². The molecule has 0 unspecified atom stereocenters. The summed E-state index contributed by atoms with van der Waals surface area (Å²) in [7, 11) is -3.91. The highest BCUT2D eigenvalue weighted by molar-refractivity contribution is 7.90. The molecule has 0 spiro atoms. The maximum atomic E-state index is 12.5. The Balaban J connectivity index is 1.52. The smallest absolute Gasteiger partial charge is 0.266 e. The number of sulfonamides is 1. The van der Waals surface area contributed by atoms with Gasteiger partial charge in [-0.1, -0.05) is 6.07 Å². The van der Waals surface area contributed by atoms with Gasteiger partial charge in [0, 0.05) is 6.42 Å². The van der Waals surface area contributed by atoms with Gasteiger partial charge in [0.25, 0.3) is 10.0 Å². The van der Waals surface area contributed by atoms with E-state index in [1.165, 1.54) is 31.7 Å². The summed E-state index contributed by atoms with van der Waals surface area (Å²) in [5.41, 5.74) is 0.845. The molecular formula is C15H17N3O3S2. The molecule has 1 aromatic carbocycles. The number of benzene rings is 1. The molecule has 1 heterocycles. The third kappa shape index (κ3) is 3.10. The summed E-state index contributed by atoms with van der Waals surface area (Å²) >= 11 is 0.960. The fourth-order valence-corrected chi connectivity index (χ4v) is 4.99. The SMILES string of the molecule is O=C(CC(C1CC1)C1CC1)NS(=O)(=O)c1cccc2nsnc12. The van der Waals surface area contributed by atoms with Gasteiger partial charge in [-0.15, -0.1) is 0 Å². The molecule has 6 nitrogen and oxygen atoms in total.